The second-order valence-corrected chi connectivity index (χ2v) is 12.0. The van der Waals surface area contributed by atoms with Crippen molar-refractivity contribution >= 4 is 29.3 Å². The van der Waals surface area contributed by atoms with Gasteiger partial charge in [-0.2, -0.15) is 0 Å². The summed E-state index contributed by atoms with van der Waals surface area (Å²) >= 11 is 0. The molecule has 0 spiro atoms. The zero-order valence-corrected chi connectivity index (χ0v) is 32.2. The van der Waals surface area contributed by atoms with E-state index in [1.165, 1.54) is 4.90 Å². The van der Waals surface area contributed by atoms with E-state index < -0.39 is 17.7 Å². The van der Waals surface area contributed by atoms with Crippen LogP contribution in [0.15, 0.2) is 66.5 Å². The van der Waals surface area contributed by atoms with Gasteiger partial charge in [-0.1, -0.05) is 78.8 Å². The Labute approximate surface area is 296 Å². The number of methoxy groups -OCH3 is 1. The van der Waals surface area contributed by atoms with Crippen LogP contribution in [0.2, 0.25) is 0 Å². The minimum Gasteiger partial charge on any atom is -0.501 e. The topological polar surface area (TPSA) is 91.4 Å². The monoisotopic (exact) mass is 678 g/mol. The minimum atomic E-state index is -0.653. The third-order valence-corrected chi connectivity index (χ3v) is 7.78. The van der Waals surface area contributed by atoms with E-state index in [1.807, 2.05) is 72.7 Å². The summed E-state index contributed by atoms with van der Waals surface area (Å²) in [6.07, 6.45) is 2.24. The number of benzene rings is 2. The highest BCUT2D eigenvalue weighted by molar-refractivity contribution is 6.24. The zero-order valence-electron chi connectivity index (χ0n) is 32.2. The van der Waals surface area contributed by atoms with Gasteiger partial charge in [-0.3, -0.25) is 19.8 Å². The fourth-order valence-corrected chi connectivity index (χ4v) is 5.57. The second kappa shape index (κ2) is 21.1. The van der Waals surface area contributed by atoms with E-state index in [2.05, 4.69) is 28.6 Å². The quantitative estimate of drug-likeness (QED) is 0.152. The molecule has 272 valence electrons. The lowest BCUT2D eigenvalue weighted by molar-refractivity contribution is 0.0570. The standard InChI is InChI=1S/C34H44N4O5.3C2H6/c1-8-36-17-19-37(20-18-36)29-14-10-13-27-30(29)32(40)38(31(27)39)28(16-15-23(2)21-24(3)42-7)25-11-9-12-26(22-25)35-33(41)43-34(4,5)6;3*1-2/h9-14,21-22,28H,2,8,15-20H2,1,3-7H3,(H,35,41);3*1-2H3/b24-21+;;;. The molecule has 0 saturated carbocycles. The van der Waals surface area contributed by atoms with Crippen LogP contribution >= 0.6 is 0 Å². The third kappa shape index (κ3) is 12.1. The fraction of sp³-hybridized carbons (Fsp3) is 0.525. The van der Waals surface area contributed by atoms with Gasteiger partial charge in [0.2, 0.25) is 0 Å². The Bertz CT molecular complexity index is 1400. The molecule has 1 N–H and O–H groups in total. The summed E-state index contributed by atoms with van der Waals surface area (Å²) < 4.78 is 10.7. The van der Waals surface area contributed by atoms with Crippen molar-refractivity contribution in [1.29, 1.82) is 0 Å². The van der Waals surface area contributed by atoms with Crippen LogP contribution < -0.4 is 10.2 Å². The van der Waals surface area contributed by atoms with Gasteiger partial charge in [0.15, 0.2) is 0 Å². The van der Waals surface area contributed by atoms with E-state index in [0.29, 0.717) is 29.7 Å². The van der Waals surface area contributed by atoms with Gasteiger partial charge in [-0.15, -0.1) is 0 Å². The maximum absolute atomic E-state index is 14.2. The van der Waals surface area contributed by atoms with Gasteiger partial charge in [0.1, 0.15) is 5.60 Å². The Hall–Kier alpha value is -4.11. The molecule has 3 amide bonds. The first-order chi connectivity index (χ1) is 23.4. The highest BCUT2D eigenvalue weighted by Gasteiger charge is 2.43. The maximum Gasteiger partial charge on any atom is 0.412 e. The Morgan fingerprint density at radius 1 is 0.959 bits per heavy atom. The van der Waals surface area contributed by atoms with Crippen molar-refractivity contribution in [3.8, 4) is 0 Å². The first-order valence-corrected chi connectivity index (χ1v) is 17.9. The number of rotatable bonds is 10. The molecule has 0 aromatic heterocycles. The molecule has 0 bridgehead atoms. The van der Waals surface area contributed by atoms with Gasteiger partial charge in [0.05, 0.1) is 35.7 Å². The second-order valence-electron chi connectivity index (χ2n) is 12.0. The van der Waals surface area contributed by atoms with Crippen molar-refractivity contribution in [3.63, 3.8) is 0 Å². The molecule has 2 aliphatic rings. The number of carbonyl (C=O) groups is 3. The van der Waals surface area contributed by atoms with Crippen molar-refractivity contribution in [3.05, 3.63) is 83.1 Å². The summed E-state index contributed by atoms with van der Waals surface area (Å²) in [6, 6.07) is 12.2. The number of nitrogens with one attached hydrogen (secondary N) is 1. The van der Waals surface area contributed by atoms with Crippen molar-refractivity contribution in [1.82, 2.24) is 9.80 Å². The molecule has 49 heavy (non-hydrogen) atoms. The summed E-state index contributed by atoms with van der Waals surface area (Å²) in [5.74, 6) is 0.0932. The average Bonchev–Trinajstić information content (AvgIpc) is 3.36. The fourth-order valence-electron chi connectivity index (χ4n) is 5.57. The molecule has 1 unspecified atom stereocenters. The van der Waals surface area contributed by atoms with Gasteiger partial charge >= 0.3 is 6.09 Å². The summed E-state index contributed by atoms with van der Waals surface area (Å²) in [5.41, 5.74) is 3.08. The van der Waals surface area contributed by atoms with Gasteiger partial charge in [-0.05, 0) is 83.0 Å². The minimum absolute atomic E-state index is 0.307. The van der Waals surface area contributed by atoms with Crippen molar-refractivity contribution in [2.45, 2.75) is 101 Å². The summed E-state index contributed by atoms with van der Waals surface area (Å²) in [5, 5.41) is 2.78. The molecule has 4 rings (SSSR count). The molecule has 0 aliphatic carbocycles. The molecule has 2 aromatic carbocycles. The molecule has 9 heteroatoms. The zero-order chi connectivity index (χ0) is 37.3. The van der Waals surface area contributed by atoms with Gasteiger partial charge in [0.25, 0.3) is 11.8 Å². The smallest absolute Gasteiger partial charge is 0.412 e. The van der Waals surface area contributed by atoms with E-state index >= 15 is 0 Å². The number of hydrogen-bond donors (Lipinski definition) is 1. The predicted octanol–water partition coefficient (Wildman–Crippen LogP) is 9.48. The van der Waals surface area contributed by atoms with Crippen LogP contribution in [-0.2, 0) is 9.47 Å². The highest BCUT2D eigenvalue weighted by atomic mass is 16.6. The largest absolute Gasteiger partial charge is 0.501 e. The molecule has 2 aliphatic heterocycles. The lowest BCUT2D eigenvalue weighted by Crippen LogP contribution is -2.46. The first kappa shape index (κ1) is 42.9. The van der Waals surface area contributed by atoms with Crippen LogP contribution in [0.5, 0.6) is 0 Å². The number of nitrogens with zero attached hydrogens (tertiary/aromatic N) is 3. The van der Waals surface area contributed by atoms with Crippen LogP contribution in [-0.4, -0.2) is 73.1 Å². The van der Waals surface area contributed by atoms with Gasteiger partial charge < -0.3 is 19.3 Å². The average molecular weight is 679 g/mol. The van der Waals surface area contributed by atoms with E-state index in [1.54, 1.807) is 52.1 Å². The normalized spacial score (nSPS) is 15.0. The van der Waals surface area contributed by atoms with Crippen molar-refractivity contribution < 1.29 is 23.9 Å². The predicted molar refractivity (Wildman–Crippen MR) is 203 cm³/mol. The lowest BCUT2D eigenvalue weighted by atomic mass is 9.97. The van der Waals surface area contributed by atoms with Crippen LogP contribution in [0.4, 0.5) is 16.2 Å². The Kier molecular flexibility index (Phi) is 18.5. The number of fused-ring (bicyclic) bond motifs is 1. The number of likely N-dealkylation sites (N-methyl/N-ethyl adjacent to an activating group) is 1. The van der Waals surface area contributed by atoms with E-state index in [0.717, 1.165) is 55.3 Å². The maximum atomic E-state index is 14.2. The number of allylic oxidation sites excluding steroid dienone is 3. The number of piperazine rings is 1. The third-order valence-electron chi connectivity index (χ3n) is 7.78. The number of hydrogen-bond acceptors (Lipinski definition) is 7. The molecule has 0 radical (unpaired) electrons. The molecular weight excluding hydrogens is 616 g/mol. The van der Waals surface area contributed by atoms with Crippen LogP contribution in [0.3, 0.4) is 0 Å². The van der Waals surface area contributed by atoms with E-state index in [9.17, 15) is 14.4 Å². The molecule has 2 aromatic rings. The lowest BCUT2D eigenvalue weighted by Gasteiger charge is -2.36. The SMILES string of the molecule is C=C(/C=C(\C)OC)CCC(c1cccc(NC(=O)OC(C)(C)C)c1)N1C(=O)c2cccc(N3CCN(CC)CC3)c2C1=O.CC.CC.CC. The van der Waals surface area contributed by atoms with Gasteiger partial charge in [-0.25, -0.2) is 4.79 Å². The Morgan fingerprint density at radius 3 is 2.14 bits per heavy atom. The molecule has 9 nitrogen and oxygen atoms in total. The van der Waals surface area contributed by atoms with Crippen LogP contribution in [0.25, 0.3) is 0 Å². The van der Waals surface area contributed by atoms with Crippen LogP contribution in [0.1, 0.15) is 121 Å². The summed E-state index contributed by atoms with van der Waals surface area (Å²) in [4.78, 5) is 46.7. The summed E-state index contributed by atoms with van der Waals surface area (Å²) in [6.45, 7) is 29.9. The van der Waals surface area contributed by atoms with Crippen molar-refractivity contribution in [2.24, 2.45) is 0 Å². The van der Waals surface area contributed by atoms with Crippen molar-refractivity contribution in [2.75, 3.05) is 50.1 Å². The summed E-state index contributed by atoms with van der Waals surface area (Å²) in [7, 11) is 1.60. The number of ether oxygens (including phenoxy) is 2. The van der Waals surface area contributed by atoms with E-state index in [-0.39, 0.29) is 11.8 Å². The molecule has 1 atom stereocenters. The molecule has 1 saturated heterocycles. The van der Waals surface area contributed by atoms with E-state index in [4.69, 9.17) is 9.47 Å². The molecule has 1 fully saturated rings. The Balaban J connectivity index is 0.00000189. The first-order valence-electron chi connectivity index (χ1n) is 17.9. The number of carbonyl (C=O) groups excluding carboxylic acids is 3. The number of anilines is 2. The Morgan fingerprint density at radius 2 is 1.57 bits per heavy atom. The molecule has 2 heterocycles. The molecular formula is C40H62N4O5. The highest BCUT2D eigenvalue weighted by Crippen LogP contribution is 2.39. The number of imide groups is 1. The number of amides is 3. The van der Waals surface area contributed by atoms with Gasteiger partial charge in [0, 0.05) is 31.9 Å². The van der Waals surface area contributed by atoms with Crippen LogP contribution in [0, 0.1) is 0 Å².